The SMILES string of the molecule is CC(C)(C)OC(=O)CN1CCN(CC(=O)OC(C)(C)C)CCN([C@@H]2[C@@H](O[Si](C)(C)C(C)(C)C)CN(C(=O)OCc3ccccc3)[C@@H]2C(=O)OCc2ccccc2)CCN(CC(=O)OC(C)(C)C)CC1. The van der Waals surface area contributed by atoms with Gasteiger partial charge in [0.1, 0.15) is 30.0 Å². The molecule has 17 heteroatoms. The van der Waals surface area contributed by atoms with E-state index in [2.05, 4.69) is 38.8 Å². The van der Waals surface area contributed by atoms with Crippen LogP contribution in [0.3, 0.4) is 0 Å². The van der Waals surface area contributed by atoms with Crippen molar-refractivity contribution in [2.75, 3.05) is 78.5 Å². The number of hydrogen-bond acceptors (Lipinski definition) is 15. The van der Waals surface area contributed by atoms with Crippen LogP contribution in [-0.4, -0.2) is 176 Å². The third-order valence-corrected chi connectivity index (χ3v) is 16.7. The molecule has 0 radical (unpaired) electrons. The van der Waals surface area contributed by atoms with Gasteiger partial charge in [-0.05, 0) is 91.6 Å². The van der Waals surface area contributed by atoms with Crippen LogP contribution < -0.4 is 0 Å². The Bertz CT molecular complexity index is 1930. The summed E-state index contributed by atoms with van der Waals surface area (Å²) in [5.41, 5.74) is -0.553. The Morgan fingerprint density at radius 3 is 1.26 bits per heavy atom. The Hall–Kier alpha value is -4.39. The van der Waals surface area contributed by atoms with E-state index >= 15 is 0 Å². The van der Waals surface area contributed by atoms with Crippen molar-refractivity contribution in [2.45, 2.75) is 149 Å². The zero-order valence-corrected chi connectivity index (χ0v) is 45.1. The van der Waals surface area contributed by atoms with Crippen LogP contribution in [0.2, 0.25) is 18.1 Å². The largest absolute Gasteiger partial charge is 0.459 e. The first kappa shape index (κ1) is 57.2. The lowest BCUT2D eigenvalue weighted by atomic mass is 10.0. The lowest BCUT2D eigenvalue weighted by molar-refractivity contribution is -0.158. The average Bonchev–Trinajstić information content (AvgIpc) is 3.58. The minimum absolute atomic E-state index is 0.00146. The highest BCUT2D eigenvalue weighted by Gasteiger charge is 2.55. The van der Waals surface area contributed by atoms with E-state index in [9.17, 15) is 24.0 Å². The van der Waals surface area contributed by atoms with Crippen molar-refractivity contribution < 1.29 is 52.1 Å². The highest BCUT2D eigenvalue weighted by molar-refractivity contribution is 6.74. The number of carbonyl (C=O) groups excluding carboxylic acids is 5. The van der Waals surface area contributed by atoms with Crippen molar-refractivity contribution in [3.05, 3.63) is 71.8 Å². The molecule has 0 aromatic heterocycles. The summed E-state index contributed by atoms with van der Waals surface area (Å²) in [4.78, 5) is 79.4. The van der Waals surface area contributed by atoms with E-state index < -0.39 is 67.3 Å². The summed E-state index contributed by atoms with van der Waals surface area (Å²) in [7, 11) is -2.60. The third-order valence-electron chi connectivity index (χ3n) is 12.2. The molecule has 0 N–H and O–H groups in total. The maximum absolute atomic E-state index is 14.9. The normalized spacial score (nSPS) is 20.3. The third kappa shape index (κ3) is 19.7. The van der Waals surface area contributed by atoms with Crippen molar-refractivity contribution in [2.24, 2.45) is 0 Å². The highest BCUT2D eigenvalue weighted by atomic mass is 28.4. The molecule has 0 spiro atoms. The fourth-order valence-corrected chi connectivity index (χ4v) is 9.29. The van der Waals surface area contributed by atoms with Gasteiger partial charge in [-0.1, -0.05) is 81.4 Å². The van der Waals surface area contributed by atoms with E-state index in [1.54, 1.807) is 0 Å². The standard InChI is InChI=1S/C52H83N5O11Si/c1-49(2,3)65-42(58)34-53-25-27-54(35-43(59)66-50(4,5)6)29-31-56(32-30-55(28-26-53)36-44(60)67-51(7,8)9)45-41(68-69(13,14)52(10,11)12)33-57(48(62)64-38-40-23-19-16-20-24-40)46(45)47(61)63-37-39-21-17-15-18-22-39/h15-24,41,45-46H,25-38H2,1-14H3/t41-,45+,46-/m0/s1. The van der Waals surface area contributed by atoms with E-state index in [-0.39, 0.29) is 50.4 Å². The van der Waals surface area contributed by atoms with Gasteiger partial charge in [0, 0.05) is 52.4 Å². The van der Waals surface area contributed by atoms with Gasteiger partial charge in [0.15, 0.2) is 14.4 Å². The topological polar surface area (TPSA) is 157 Å². The first-order valence-electron chi connectivity index (χ1n) is 24.4. The molecular weight excluding hydrogens is 899 g/mol. The van der Waals surface area contributed by atoms with Gasteiger partial charge >= 0.3 is 30.0 Å². The lowest BCUT2D eigenvalue weighted by Gasteiger charge is -2.43. The molecule has 2 aliphatic heterocycles. The molecule has 3 atom stereocenters. The van der Waals surface area contributed by atoms with Crippen molar-refractivity contribution in [3.8, 4) is 0 Å². The first-order chi connectivity index (χ1) is 32.0. The van der Waals surface area contributed by atoms with E-state index in [1.165, 1.54) is 4.90 Å². The molecule has 2 heterocycles. The fourth-order valence-electron chi connectivity index (χ4n) is 7.97. The molecule has 2 fully saturated rings. The van der Waals surface area contributed by atoms with Crippen LogP contribution >= 0.6 is 0 Å². The molecule has 69 heavy (non-hydrogen) atoms. The number of carbonyl (C=O) groups is 5. The number of nitrogens with zero attached hydrogens (tertiary/aromatic N) is 5. The number of ether oxygens (including phenoxy) is 5. The van der Waals surface area contributed by atoms with E-state index in [0.717, 1.165) is 11.1 Å². The smallest absolute Gasteiger partial charge is 0.410 e. The molecular formula is C52H83N5O11Si. The molecule has 16 nitrogen and oxygen atoms in total. The number of likely N-dealkylation sites (tertiary alicyclic amines) is 1. The summed E-state index contributed by atoms with van der Waals surface area (Å²) >= 11 is 0. The van der Waals surface area contributed by atoms with Crippen LogP contribution in [0.5, 0.6) is 0 Å². The van der Waals surface area contributed by atoms with Gasteiger partial charge in [-0.15, -0.1) is 0 Å². The van der Waals surface area contributed by atoms with Crippen molar-refractivity contribution in [1.29, 1.82) is 0 Å². The second kappa shape index (κ2) is 24.6. The van der Waals surface area contributed by atoms with Crippen LogP contribution in [0.25, 0.3) is 0 Å². The predicted molar refractivity (Wildman–Crippen MR) is 268 cm³/mol. The molecule has 0 aliphatic carbocycles. The molecule has 4 rings (SSSR count). The predicted octanol–water partition coefficient (Wildman–Crippen LogP) is 6.76. The maximum atomic E-state index is 14.9. The average molecular weight is 982 g/mol. The first-order valence-corrected chi connectivity index (χ1v) is 27.3. The molecule has 2 aromatic carbocycles. The summed E-state index contributed by atoms with van der Waals surface area (Å²) in [6, 6.07) is 16.8. The van der Waals surface area contributed by atoms with Crippen molar-refractivity contribution in [3.63, 3.8) is 0 Å². The van der Waals surface area contributed by atoms with Gasteiger partial charge in [0.2, 0.25) is 0 Å². The molecule has 2 aliphatic rings. The number of amides is 1. The van der Waals surface area contributed by atoms with E-state index in [4.69, 9.17) is 28.1 Å². The van der Waals surface area contributed by atoms with Crippen LogP contribution in [0.15, 0.2) is 60.7 Å². The summed E-state index contributed by atoms with van der Waals surface area (Å²) < 4.78 is 36.7. The monoisotopic (exact) mass is 982 g/mol. The lowest BCUT2D eigenvalue weighted by Crippen LogP contribution is -2.59. The quantitative estimate of drug-likeness (QED) is 0.111. The van der Waals surface area contributed by atoms with Gasteiger partial charge < -0.3 is 28.1 Å². The Labute approximate surface area is 413 Å². The summed E-state index contributed by atoms with van der Waals surface area (Å²) in [6.07, 6.45) is -1.34. The van der Waals surface area contributed by atoms with Crippen LogP contribution in [0, 0.1) is 0 Å². The van der Waals surface area contributed by atoms with Gasteiger partial charge in [0.05, 0.1) is 38.3 Å². The second-order valence-electron chi connectivity index (χ2n) is 22.8. The Morgan fingerprint density at radius 1 is 0.536 bits per heavy atom. The van der Waals surface area contributed by atoms with Crippen molar-refractivity contribution in [1.82, 2.24) is 24.5 Å². The van der Waals surface area contributed by atoms with Crippen LogP contribution in [0.4, 0.5) is 4.79 Å². The van der Waals surface area contributed by atoms with Crippen molar-refractivity contribution >= 4 is 38.3 Å². The zero-order chi connectivity index (χ0) is 51.4. The van der Waals surface area contributed by atoms with Gasteiger partial charge in [-0.2, -0.15) is 0 Å². The molecule has 0 bridgehead atoms. The molecule has 386 valence electrons. The summed E-state index contributed by atoms with van der Waals surface area (Å²) in [5, 5.41) is -0.233. The minimum atomic E-state index is -2.60. The fraction of sp³-hybridized carbons (Fsp3) is 0.673. The van der Waals surface area contributed by atoms with E-state index in [1.807, 2.05) is 138 Å². The zero-order valence-electron chi connectivity index (χ0n) is 44.1. The summed E-state index contributed by atoms with van der Waals surface area (Å²) in [6.45, 7) is 29.9. The highest BCUT2D eigenvalue weighted by Crippen LogP contribution is 2.40. The summed E-state index contributed by atoms with van der Waals surface area (Å²) in [5.74, 6) is -1.80. The molecule has 2 aromatic rings. The Balaban J connectivity index is 1.84. The van der Waals surface area contributed by atoms with Gasteiger partial charge in [0.25, 0.3) is 0 Å². The number of esters is 4. The molecule has 2 saturated heterocycles. The molecule has 0 unspecified atom stereocenters. The number of rotatable bonds is 14. The van der Waals surface area contributed by atoms with Gasteiger partial charge in [-0.25, -0.2) is 9.59 Å². The number of benzene rings is 2. The Kier molecular flexibility index (Phi) is 20.4. The molecule has 0 saturated carbocycles. The van der Waals surface area contributed by atoms with Gasteiger partial charge in [-0.3, -0.25) is 38.9 Å². The second-order valence-corrected chi connectivity index (χ2v) is 27.5. The van der Waals surface area contributed by atoms with E-state index in [0.29, 0.717) is 52.4 Å². The minimum Gasteiger partial charge on any atom is -0.459 e. The van der Waals surface area contributed by atoms with Crippen LogP contribution in [-0.2, 0) is 60.5 Å². The maximum Gasteiger partial charge on any atom is 0.410 e. The van der Waals surface area contributed by atoms with Crippen LogP contribution in [0.1, 0.15) is 94.2 Å². The Morgan fingerprint density at radius 2 is 0.899 bits per heavy atom. The molecule has 1 amide bonds. The number of hydrogen-bond donors (Lipinski definition) is 0.